The number of nitrogens with zero attached hydrogens (tertiary/aromatic N) is 2. The van der Waals surface area contributed by atoms with Gasteiger partial charge >= 0.3 is 0 Å². The second-order valence-corrected chi connectivity index (χ2v) is 7.71. The molecule has 0 aliphatic carbocycles. The van der Waals surface area contributed by atoms with Crippen LogP contribution < -0.4 is 14.8 Å². The SMILES string of the molecule is COc1cc(C(=O)NCC2CCN(CCc3ccccc3)CC2)c([N+](=O)[O-])cc1OC. The van der Waals surface area contributed by atoms with Crippen LogP contribution in [0.4, 0.5) is 5.69 Å². The molecule has 3 rings (SSSR count). The molecule has 0 bridgehead atoms. The lowest BCUT2D eigenvalue weighted by molar-refractivity contribution is -0.385. The van der Waals surface area contributed by atoms with E-state index in [1.165, 1.54) is 31.9 Å². The third-order valence-electron chi connectivity index (χ3n) is 5.76. The molecule has 31 heavy (non-hydrogen) atoms. The number of nitrogens with one attached hydrogen (secondary N) is 1. The van der Waals surface area contributed by atoms with E-state index in [-0.39, 0.29) is 22.7 Å². The lowest BCUT2D eigenvalue weighted by Gasteiger charge is -2.32. The summed E-state index contributed by atoms with van der Waals surface area (Å²) < 4.78 is 10.3. The second kappa shape index (κ2) is 10.8. The van der Waals surface area contributed by atoms with Crippen LogP contribution in [0.3, 0.4) is 0 Å². The fraction of sp³-hybridized carbons (Fsp3) is 0.435. The van der Waals surface area contributed by atoms with Crippen LogP contribution in [0.2, 0.25) is 0 Å². The molecule has 8 nitrogen and oxygen atoms in total. The summed E-state index contributed by atoms with van der Waals surface area (Å²) in [6.07, 6.45) is 3.01. The number of nitro groups is 1. The van der Waals surface area contributed by atoms with Crippen molar-refractivity contribution in [3.63, 3.8) is 0 Å². The maximum atomic E-state index is 12.7. The molecule has 8 heteroatoms. The maximum absolute atomic E-state index is 12.7. The Balaban J connectivity index is 1.52. The van der Waals surface area contributed by atoms with Crippen LogP contribution in [0.5, 0.6) is 11.5 Å². The van der Waals surface area contributed by atoms with E-state index < -0.39 is 10.8 Å². The second-order valence-electron chi connectivity index (χ2n) is 7.71. The molecule has 2 aromatic carbocycles. The average molecular weight is 428 g/mol. The van der Waals surface area contributed by atoms with Gasteiger partial charge in [-0.3, -0.25) is 14.9 Å². The lowest BCUT2D eigenvalue weighted by Crippen LogP contribution is -2.39. The van der Waals surface area contributed by atoms with E-state index in [2.05, 4.69) is 34.5 Å². The number of carbonyl (C=O) groups is 1. The van der Waals surface area contributed by atoms with Crippen LogP contribution in [0.15, 0.2) is 42.5 Å². The Kier molecular flexibility index (Phi) is 7.83. The number of ether oxygens (including phenoxy) is 2. The molecular formula is C23H29N3O5. The first kappa shape index (κ1) is 22.6. The first-order chi connectivity index (χ1) is 15.0. The minimum atomic E-state index is -0.581. The molecule has 1 aliphatic rings. The van der Waals surface area contributed by atoms with E-state index in [1.807, 2.05) is 6.07 Å². The van der Waals surface area contributed by atoms with Crippen LogP contribution in [-0.4, -0.2) is 56.1 Å². The van der Waals surface area contributed by atoms with Crippen molar-refractivity contribution in [2.24, 2.45) is 5.92 Å². The Morgan fingerprint density at radius 3 is 2.39 bits per heavy atom. The summed E-state index contributed by atoms with van der Waals surface area (Å²) in [4.78, 5) is 26.0. The molecule has 2 aromatic rings. The predicted molar refractivity (Wildman–Crippen MR) is 118 cm³/mol. The largest absolute Gasteiger partial charge is 0.493 e. The van der Waals surface area contributed by atoms with Crippen LogP contribution in [-0.2, 0) is 6.42 Å². The maximum Gasteiger partial charge on any atom is 0.286 e. The molecule has 166 valence electrons. The first-order valence-electron chi connectivity index (χ1n) is 10.5. The number of hydrogen-bond acceptors (Lipinski definition) is 6. The highest BCUT2D eigenvalue weighted by Crippen LogP contribution is 2.34. The van der Waals surface area contributed by atoms with E-state index in [9.17, 15) is 14.9 Å². The molecule has 0 saturated carbocycles. The Hall–Kier alpha value is -3.13. The normalized spacial score (nSPS) is 14.8. The Morgan fingerprint density at radius 2 is 1.77 bits per heavy atom. The van der Waals surface area contributed by atoms with Crippen LogP contribution in [0.1, 0.15) is 28.8 Å². The van der Waals surface area contributed by atoms with Gasteiger partial charge in [-0.2, -0.15) is 0 Å². The summed E-state index contributed by atoms with van der Waals surface area (Å²) in [5.41, 5.74) is 1.02. The van der Waals surface area contributed by atoms with Crippen molar-refractivity contribution in [3.05, 3.63) is 63.7 Å². The quantitative estimate of drug-likeness (QED) is 0.488. The average Bonchev–Trinajstić information content (AvgIpc) is 2.81. The summed E-state index contributed by atoms with van der Waals surface area (Å²) in [6.45, 7) is 3.51. The van der Waals surface area contributed by atoms with Crippen molar-refractivity contribution in [1.82, 2.24) is 10.2 Å². The van der Waals surface area contributed by atoms with Gasteiger partial charge in [0, 0.05) is 19.2 Å². The smallest absolute Gasteiger partial charge is 0.286 e. The summed E-state index contributed by atoms with van der Waals surface area (Å²) in [5.74, 6) is 0.383. The standard InChI is InChI=1S/C23H29N3O5/c1-30-21-14-19(20(26(28)29)15-22(21)31-2)23(27)24-16-18-9-12-25(13-10-18)11-8-17-6-4-3-5-7-17/h3-7,14-15,18H,8-13,16H2,1-2H3,(H,24,27). The summed E-state index contributed by atoms with van der Waals surface area (Å²) in [6, 6.07) is 13.0. The van der Waals surface area contributed by atoms with E-state index in [4.69, 9.17) is 9.47 Å². The highest BCUT2D eigenvalue weighted by Gasteiger charge is 2.26. The fourth-order valence-electron chi connectivity index (χ4n) is 3.88. The van der Waals surface area contributed by atoms with Gasteiger partial charge in [0.15, 0.2) is 11.5 Å². The van der Waals surface area contributed by atoms with Crippen molar-refractivity contribution < 1.29 is 19.2 Å². The number of amides is 1. The molecule has 1 N–H and O–H groups in total. The molecule has 1 saturated heterocycles. The molecule has 0 radical (unpaired) electrons. The molecule has 0 atom stereocenters. The van der Waals surface area contributed by atoms with Gasteiger partial charge in [0.05, 0.1) is 25.2 Å². The zero-order chi connectivity index (χ0) is 22.2. The van der Waals surface area contributed by atoms with E-state index in [1.54, 1.807) is 0 Å². The third-order valence-corrected chi connectivity index (χ3v) is 5.76. The zero-order valence-corrected chi connectivity index (χ0v) is 18.0. The molecule has 1 heterocycles. The zero-order valence-electron chi connectivity index (χ0n) is 18.0. The summed E-state index contributed by atoms with van der Waals surface area (Å²) >= 11 is 0. The van der Waals surface area contributed by atoms with Gasteiger partial charge in [-0.25, -0.2) is 0 Å². The van der Waals surface area contributed by atoms with Crippen LogP contribution >= 0.6 is 0 Å². The molecule has 1 amide bonds. The third kappa shape index (κ3) is 5.95. The predicted octanol–water partition coefficient (Wildman–Crippen LogP) is 3.30. The number of hydrogen-bond donors (Lipinski definition) is 1. The van der Waals surface area contributed by atoms with Gasteiger partial charge < -0.3 is 19.7 Å². The molecule has 0 spiro atoms. The molecule has 0 unspecified atom stereocenters. The van der Waals surface area contributed by atoms with E-state index in [0.717, 1.165) is 38.9 Å². The van der Waals surface area contributed by atoms with Gasteiger partial charge in [-0.05, 0) is 43.8 Å². The number of likely N-dealkylation sites (tertiary alicyclic amines) is 1. The number of benzene rings is 2. The molecule has 1 aliphatic heterocycles. The Bertz CT molecular complexity index is 896. The van der Waals surface area contributed by atoms with E-state index in [0.29, 0.717) is 12.5 Å². The number of methoxy groups -OCH3 is 2. The number of nitro benzene ring substituents is 1. The fourth-order valence-corrected chi connectivity index (χ4v) is 3.88. The van der Waals surface area contributed by atoms with Gasteiger partial charge in [0.2, 0.25) is 0 Å². The summed E-state index contributed by atoms with van der Waals surface area (Å²) in [5, 5.41) is 14.3. The van der Waals surface area contributed by atoms with Gasteiger partial charge in [0.1, 0.15) is 5.56 Å². The highest BCUT2D eigenvalue weighted by molar-refractivity contribution is 5.99. The van der Waals surface area contributed by atoms with Gasteiger partial charge in [-0.1, -0.05) is 30.3 Å². The number of piperidine rings is 1. The van der Waals surface area contributed by atoms with Crippen molar-refractivity contribution in [3.8, 4) is 11.5 Å². The minimum absolute atomic E-state index is 0.0250. The molecular weight excluding hydrogens is 398 g/mol. The Morgan fingerprint density at radius 1 is 1.13 bits per heavy atom. The van der Waals surface area contributed by atoms with Crippen molar-refractivity contribution >= 4 is 11.6 Å². The first-order valence-corrected chi connectivity index (χ1v) is 10.5. The summed E-state index contributed by atoms with van der Waals surface area (Å²) in [7, 11) is 2.82. The van der Waals surface area contributed by atoms with Crippen LogP contribution in [0, 0.1) is 16.0 Å². The number of carbonyl (C=O) groups excluding carboxylic acids is 1. The van der Waals surface area contributed by atoms with E-state index >= 15 is 0 Å². The monoisotopic (exact) mass is 427 g/mol. The van der Waals surface area contributed by atoms with Crippen LogP contribution in [0.25, 0.3) is 0 Å². The minimum Gasteiger partial charge on any atom is -0.493 e. The van der Waals surface area contributed by atoms with Gasteiger partial charge in [-0.15, -0.1) is 0 Å². The molecule has 0 aromatic heterocycles. The lowest BCUT2D eigenvalue weighted by atomic mass is 9.96. The van der Waals surface area contributed by atoms with Crippen molar-refractivity contribution in [2.45, 2.75) is 19.3 Å². The molecule has 1 fully saturated rings. The van der Waals surface area contributed by atoms with Crippen molar-refractivity contribution in [2.75, 3.05) is 40.4 Å². The van der Waals surface area contributed by atoms with Crippen molar-refractivity contribution in [1.29, 1.82) is 0 Å². The highest BCUT2D eigenvalue weighted by atomic mass is 16.6. The Labute approximate surface area is 182 Å². The number of rotatable bonds is 9. The topological polar surface area (TPSA) is 93.9 Å². The van der Waals surface area contributed by atoms with Gasteiger partial charge in [0.25, 0.3) is 11.6 Å².